The van der Waals surface area contributed by atoms with E-state index < -0.39 is 0 Å². The quantitative estimate of drug-likeness (QED) is 0.857. The molecule has 2 aliphatic carbocycles. The van der Waals surface area contributed by atoms with Crippen molar-refractivity contribution in [2.45, 2.75) is 32.4 Å². The summed E-state index contributed by atoms with van der Waals surface area (Å²) < 4.78 is 5.15. The van der Waals surface area contributed by atoms with Crippen molar-refractivity contribution in [1.82, 2.24) is 19.0 Å². The SMILES string of the molecule is CC1C=CC(c2c3c(=O)n(C)c(=O)n(C)c3c3n2CCNC3C2=CC=CC2)=CC1. The number of hydrogen-bond donors (Lipinski definition) is 1. The highest BCUT2D eigenvalue weighted by Gasteiger charge is 2.33. The topological polar surface area (TPSA) is 61.0 Å². The van der Waals surface area contributed by atoms with Crippen LogP contribution < -0.4 is 16.6 Å². The molecule has 0 aromatic carbocycles. The Bertz CT molecular complexity index is 1260. The van der Waals surface area contributed by atoms with E-state index in [1.165, 1.54) is 10.1 Å². The van der Waals surface area contributed by atoms with Crippen LogP contribution in [0.4, 0.5) is 0 Å². The zero-order valence-corrected chi connectivity index (χ0v) is 17.1. The maximum atomic E-state index is 13.3. The number of aromatic nitrogens is 3. The van der Waals surface area contributed by atoms with Crippen molar-refractivity contribution < 1.29 is 0 Å². The van der Waals surface area contributed by atoms with Crippen LogP contribution in [0.15, 0.2) is 51.6 Å². The minimum absolute atomic E-state index is 0.000185. The van der Waals surface area contributed by atoms with Gasteiger partial charge in [-0.1, -0.05) is 43.4 Å². The van der Waals surface area contributed by atoms with Gasteiger partial charge >= 0.3 is 5.69 Å². The number of rotatable bonds is 2. The van der Waals surface area contributed by atoms with Gasteiger partial charge in [0.1, 0.15) is 0 Å². The van der Waals surface area contributed by atoms with E-state index in [2.05, 4.69) is 53.3 Å². The lowest BCUT2D eigenvalue weighted by atomic mass is 9.96. The molecule has 0 amide bonds. The molecule has 2 aromatic heterocycles. The maximum Gasteiger partial charge on any atom is 0.331 e. The summed E-state index contributed by atoms with van der Waals surface area (Å²) in [6, 6.07) is -0.000185. The molecule has 5 rings (SSSR count). The normalized spacial score (nSPS) is 23.4. The molecule has 2 atom stereocenters. The summed E-state index contributed by atoms with van der Waals surface area (Å²) >= 11 is 0. The third kappa shape index (κ3) is 2.59. The summed E-state index contributed by atoms with van der Waals surface area (Å²) in [6.07, 6.45) is 14.8. The van der Waals surface area contributed by atoms with E-state index >= 15 is 0 Å². The molecule has 29 heavy (non-hydrogen) atoms. The summed E-state index contributed by atoms with van der Waals surface area (Å²) in [5, 5.41) is 4.27. The van der Waals surface area contributed by atoms with Crippen LogP contribution in [0.5, 0.6) is 0 Å². The summed E-state index contributed by atoms with van der Waals surface area (Å²) in [6.45, 7) is 3.79. The number of fused-ring (bicyclic) bond motifs is 3. The molecule has 2 aromatic rings. The van der Waals surface area contributed by atoms with Gasteiger partial charge in [-0.2, -0.15) is 0 Å². The Hall–Kier alpha value is -2.86. The molecule has 0 saturated heterocycles. The molecule has 1 N–H and O–H groups in total. The van der Waals surface area contributed by atoms with Crippen molar-refractivity contribution in [3.8, 4) is 0 Å². The van der Waals surface area contributed by atoms with E-state index in [9.17, 15) is 9.59 Å². The summed E-state index contributed by atoms with van der Waals surface area (Å²) in [4.78, 5) is 26.1. The largest absolute Gasteiger partial charge is 0.339 e. The Labute approximate surface area is 169 Å². The van der Waals surface area contributed by atoms with Crippen molar-refractivity contribution >= 4 is 16.5 Å². The molecule has 3 aliphatic rings. The lowest BCUT2D eigenvalue weighted by Gasteiger charge is -2.29. The molecule has 0 spiro atoms. The average Bonchev–Trinajstić information content (AvgIpc) is 3.37. The first kappa shape index (κ1) is 18.2. The van der Waals surface area contributed by atoms with E-state index in [0.717, 1.165) is 48.4 Å². The number of aryl methyl sites for hydroxylation is 1. The van der Waals surface area contributed by atoms with Gasteiger partial charge in [0.2, 0.25) is 0 Å². The molecule has 150 valence electrons. The highest BCUT2D eigenvalue weighted by atomic mass is 16.2. The number of nitrogens with zero attached hydrogens (tertiary/aromatic N) is 3. The molecule has 1 aliphatic heterocycles. The second-order valence-electron chi connectivity index (χ2n) is 8.31. The Morgan fingerprint density at radius 3 is 2.69 bits per heavy atom. The molecular weight excluding hydrogens is 364 g/mol. The molecule has 6 heteroatoms. The van der Waals surface area contributed by atoms with Gasteiger partial charge in [-0.05, 0) is 29.9 Å². The van der Waals surface area contributed by atoms with E-state index in [0.29, 0.717) is 11.3 Å². The van der Waals surface area contributed by atoms with Crippen molar-refractivity contribution in [3.05, 3.63) is 74.3 Å². The van der Waals surface area contributed by atoms with Crippen molar-refractivity contribution in [2.75, 3.05) is 6.54 Å². The van der Waals surface area contributed by atoms with Crippen molar-refractivity contribution in [1.29, 1.82) is 0 Å². The van der Waals surface area contributed by atoms with Gasteiger partial charge in [0.05, 0.1) is 28.3 Å². The molecule has 0 fully saturated rings. The third-order valence-corrected chi connectivity index (χ3v) is 6.42. The number of nitrogens with one attached hydrogen (secondary N) is 1. The molecular formula is C23H26N4O2. The Morgan fingerprint density at radius 2 is 2.00 bits per heavy atom. The predicted octanol–water partition coefficient (Wildman–Crippen LogP) is 2.55. The van der Waals surface area contributed by atoms with Crippen LogP contribution in [-0.2, 0) is 20.6 Å². The van der Waals surface area contributed by atoms with Crippen LogP contribution in [0.2, 0.25) is 0 Å². The lowest BCUT2D eigenvalue weighted by Crippen LogP contribution is -2.38. The Morgan fingerprint density at radius 1 is 1.17 bits per heavy atom. The maximum absolute atomic E-state index is 13.3. The van der Waals surface area contributed by atoms with Crippen molar-refractivity contribution in [2.24, 2.45) is 20.0 Å². The number of hydrogen-bond acceptors (Lipinski definition) is 3. The van der Waals surface area contributed by atoms with E-state index in [4.69, 9.17) is 0 Å². The van der Waals surface area contributed by atoms with Crippen LogP contribution in [0.3, 0.4) is 0 Å². The fourth-order valence-electron chi connectivity index (χ4n) is 4.87. The van der Waals surface area contributed by atoms with E-state index in [1.807, 2.05) is 0 Å². The van der Waals surface area contributed by atoms with Gasteiger partial charge in [0, 0.05) is 27.2 Å². The van der Waals surface area contributed by atoms with Gasteiger partial charge in [-0.3, -0.25) is 13.9 Å². The van der Waals surface area contributed by atoms with Gasteiger partial charge in [-0.25, -0.2) is 4.79 Å². The van der Waals surface area contributed by atoms with Crippen molar-refractivity contribution in [3.63, 3.8) is 0 Å². The van der Waals surface area contributed by atoms with Crippen LogP contribution in [0.25, 0.3) is 16.5 Å². The minimum Gasteiger partial charge on any atom is -0.339 e. The summed E-state index contributed by atoms with van der Waals surface area (Å²) in [5.74, 6) is 0.497. The first-order valence-electron chi connectivity index (χ1n) is 10.3. The third-order valence-electron chi connectivity index (χ3n) is 6.42. The van der Waals surface area contributed by atoms with Crippen LogP contribution in [-0.4, -0.2) is 20.2 Å². The highest BCUT2D eigenvalue weighted by molar-refractivity contribution is 5.96. The fourth-order valence-corrected chi connectivity index (χ4v) is 4.87. The first-order chi connectivity index (χ1) is 14.0. The van der Waals surface area contributed by atoms with Gasteiger partial charge in [-0.15, -0.1) is 0 Å². The zero-order valence-electron chi connectivity index (χ0n) is 17.1. The first-order valence-corrected chi connectivity index (χ1v) is 10.3. The van der Waals surface area contributed by atoms with Crippen LogP contribution >= 0.6 is 0 Å². The fraction of sp³-hybridized carbons (Fsp3) is 0.391. The standard InChI is InChI=1S/C23H26N4O2/c1-14-8-10-16(11-9-14)19-17-20(25(2)23(29)26(3)22(17)28)21-18(15-6-4-5-7-15)24-12-13-27(19)21/h4-6,8,10-11,14,18,24H,7,9,12-13H2,1-3H3. The second-order valence-corrected chi connectivity index (χ2v) is 8.31. The zero-order chi connectivity index (χ0) is 20.3. The molecule has 0 bridgehead atoms. The Kier molecular flexibility index (Phi) is 4.13. The Balaban J connectivity index is 1.90. The van der Waals surface area contributed by atoms with Gasteiger partial charge < -0.3 is 9.88 Å². The van der Waals surface area contributed by atoms with E-state index in [1.54, 1.807) is 18.7 Å². The van der Waals surface area contributed by atoms with E-state index in [-0.39, 0.29) is 17.3 Å². The molecule has 3 heterocycles. The molecule has 0 saturated carbocycles. The smallest absolute Gasteiger partial charge is 0.331 e. The molecule has 2 unspecified atom stereocenters. The predicted molar refractivity (Wildman–Crippen MR) is 116 cm³/mol. The summed E-state index contributed by atoms with van der Waals surface area (Å²) in [5.41, 5.74) is 4.58. The lowest BCUT2D eigenvalue weighted by molar-refractivity contribution is 0.459. The average molecular weight is 390 g/mol. The van der Waals surface area contributed by atoms with Gasteiger partial charge in [0.15, 0.2) is 0 Å². The summed E-state index contributed by atoms with van der Waals surface area (Å²) in [7, 11) is 3.34. The molecule has 6 nitrogen and oxygen atoms in total. The monoisotopic (exact) mass is 390 g/mol. The van der Waals surface area contributed by atoms with Gasteiger partial charge in [0.25, 0.3) is 5.56 Å². The molecule has 0 radical (unpaired) electrons. The van der Waals surface area contributed by atoms with Crippen LogP contribution in [0.1, 0.15) is 37.2 Å². The second kappa shape index (κ2) is 6.59. The van der Waals surface area contributed by atoms with Crippen LogP contribution in [0, 0.1) is 5.92 Å². The minimum atomic E-state index is -0.285. The highest BCUT2D eigenvalue weighted by Crippen LogP contribution is 2.39. The number of allylic oxidation sites excluding steroid dienone is 7.